The Bertz CT molecular complexity index is 269. The molecule has 0 fully saturated rings. The summed E-state index contributed by atoms with van der Waals surface area (Å²) in [4.78, 5) is 2.03. The molecule has 0 aliphatic carbocycles. The Labute approximate surface area is 104 Å². The van der Waals surface area contributed by atoms with Gasteiger partial charge in [-0.05, 0) is 20.0 Å². The minimum absolute atomic E-state index is 0.0437. The quantitative estimate of drug-likeness (QED) is 0.587. The number of sulfone groups is 1. The van der Waals surface area contributed by atoms with E-state index >= 15 is 0 Å². The number of hydrogen-bond donors (Lipinski definition) is 0. The number of ether oxygens (including phenoxy) is 1. The van der Waals surface area contributed by atoms with Gasteiger partial charge in [0.2, 0.25) is 0 Å². The normalized spacial score (nSPS) is 14.3. The Kier molecular flexibility index (Phi) is 8.36. The van der Waals surface area contributed by atoms with Gasteiger partial charge in [-0.15, -0.1) is 11.6 Å². The van der Waals surface area contributed by atoms with Gasteiger partial charge in [0.05, 0.1) is 17.7 Å². The first-order valence-corrected chi connectivity index (χ1v) is 7.69. The predicted octanol–water partition coefficient (Wildman–Crippen LogP) is 0.997. The minimum atomic E-state index is -2.84. The van der Waals surface area contributed by atoms with Crippen LogP contribution in [0.4, 0.5) is 0 Å². The Balaban J connectivity index is 3.70. The van der Waals surface area contributed by atoms with E-state index in [0.29, 0.717) is 19.6 Å². The second-order valence-corrected chi connectivity index (χ2v) is 6.99. The van der Waals surface area contributed by atoms with E-state index in [1.54, 1.807) is 14.0 Å². The van der Waals surface area contributed by atoms with Crippen molar-refractivity contribution in [1.82, 2.24) is 4.90 Å². The molecule has 1 unspecified atom stereocenters. The molecule has 4 nitrogen and oxygen atoms in total. The molecule has 16 heavy (non-hydrogen) atoms. The van der Waals surface area contributed by atoms with E-state index in [1.165, 1.54) is 0 Å². The molecule has 0 spiro atoms. The van der Waals surface area contributed by atoms with E-state index in [4.69, 9.17) is 16.3 Å². The Morgan fingerprint density at radius 2 is 2.06 bits per heavy atom. The van der Waals surface area contributed by atoms with Gasteiger partial charge in [0.25, 0.3) is 0 Å². The zero-order valence-corrected chi connectivity index (χ0v) is 11.9. The second-order valence-electron chi connectivity index (χ2n) is 3.90. The number of hydrogen-bond acceptors (Lipinski definition) is 4. The maximum atomic E-state index is 11.2. The van der Waals surface area contributed by atoms with Crippen LogP contribution in [0, 0.1) is 0 Å². The molecule has 0 rings (SSSR count). The molecule has 0 aromatic rings. The molecule has 0 N–H and O–H groups in total. The monoisotopic (exact) mass is 271 g/mol. The molecule has 6 heteroatoms. The molecule has 98 valence electrons. The lowest BCUT2D eigenvalue weighted by Crippen LogP contribution is -2.30. The summed E-state index contributed by atoms with van der Waals surface area (Å²) in [7, 11) is 0.710. The standard InChI is InChI=1S/C10H22ClNO3S/c1-4-16(13,14)7-5-6-12(2)8-10(11)9-15-3/h10H,4-9H2,1-3H3. The third kappa shape index (κ3) is 8.33. The molecule has 0 aromatic heterocycles. The third-order valence-electron chi connectivity index (χ3n) is 2.29. The molecule has 0 heterocycles. The van der Waals surface area contributed by atoms with Gasteiger partial charge in [-0.1, -0.05) is 6.92 Å². The second kappa shape index (κ2) is 8.28. The van der Waals surface area contributed by atoms with Crippen LogP contribution in [0.2, 0.25) is 0 Å². The van der Waals surface area contributed by atoms with Crippen LogP contribution in [0.3, 0.4) is 0 Å². The highest BCUT2D eigenvalue weighted by molar-refractivity contribution is 7.91. The molecule has 0 bridgehead atoms. The van der Waals surface area contributed by atoms with Crippen molar-refractivity contribution in [3.8, 4) is 0 Å². The molecular formula is C10H22ClNO3S. The minimum Gasteiger partial charge on any atom is -0.383 e. The van der Waals surface area contributed by atoms with Crippen molar-refractivity contribution in [3.05, 3.63) is 0 Å². The fourth-order valence-corrected chi connectivity index (χ4v) is 2.58. The maximum absolute atomic E-state index is 11.2. The van der Waals surface area contributed by atoms with Crippen LogP contribution >= 0.6 is 11.6 Å². The third-order valence-corrected chi connectivity index (χ3v) is 4.35. The van der Waals surface area contributed by atoms with E-state index in [2.05, 4.69) is 0 Å². The molecular weight excluding hydrogens is 250 g/mol. The molecule has 0 aliphatic heterocycles. The van der Waals surface area contributed by atoms with Gasteiger partial charge in [0.1, 0.15) is 9.84 Å². The summed E-state index contributed by atoms with van der Waals surface area (Å²) in [5.74, 6) is 0.476. The number of rotatable bonds is 9. The number of halogens is 1. The highest BCUT2D eigenvalue weighted by Crippen LogP contribution is 2.01. The van der Waals surface area contributed by atoms with Crippen molar-refractivity contribution in [1.29, 1.82) is 0 Å². The smallest absolute Gasteiger partial charge is 0.150 e. The van der Waals surface area contributed by atoms with Gasteiger partial charge >= 0.3 is 0 Å². The largest absolute Gasteiger partial charge is 0.383 e. The SMILES string of the molecule is CCS(=O)(=O)CCCN(C)CC(Cl)COC. The van der Waals surface area contributed by atoms with Crippen LogP contribution in [0.5, 0.6) is 0 Å². The summed E-state index contributed by atoms with van der Waals surface area (Å²) in [6.45, 7) is 3.64. The zero-order chi connectivity index (χ0) is 12.6. The highest BCUT2D eigenvalue weighted by atomic mass is 35.5. The lowest BCUT2D eigenvalue weighted by atomic mass is 10.3. The number of nitrogens with zero attached hydrogens (tertiary/aromatic N) is 1. The predicted molar refractivity (Wildman–Crippen MR) is 68.0 cm³/mol. The van der Waals surface area contributed by atoms with E-state index < -0.39 is 9.84 Å². The number of methoxy groups -OCH3 is 1. The average Bonchev–Trinajstić information content (AvgIpc) is 2.17. The topological polar surface area (TPSA) is 46.6 Å². The first-order chi connectivity index (χ1) is 7.41. The fourth-order valence-electron chi connectivity index (χ4n) is 1.36. The molecule has 0 aromatic carbocycles. The summed E-state index contributed by atoms with van der Waals surface area (Å²) < 4.78 is 27.4. The van der Waals surface area contributed by atoms with Crippen LogP contribution in [0.15, 0.2) is 0 Å². The lowest BCUT2D eigenvalue weighted by molar-refractivity contribution is 0.182. The van der Waals surface area contributed by atoms with Gasteiger partial charge in [-0.3, -0.25) is 0 Å². The molecule has 0 saturated carbocycles. The van der Waals surface area contributed by atoms with Gasteiger partial charge in [0, 0.05) is 19.4 Å². The van der Waals surface area contributed by atoms with Crippen LogP contribution in [-0.2, 0) is 14.6 Å². The van der Waals surface area contributed by atoms with Crippen LogP contribution < -0.4 is 0 Å². The van der Waals surface area contributed by atoms with Crippen LogP contribution in [0.25, 0.3) is 0 Å². The summed E-state index contributed by atoms with van der Waals surface area (Å²) in [5, 5.41) is -0.0437. The van der Waals surface area contributed by atoms with Gasteiger partial charge < -0.3 is 9.64 Å². The summed E-state index contributed by atoms with van der Waals surface area (Å²) in [6, 6.07) is 0. The first-order valence-electron chi connectivity index (χ1n) is 5.43. The van der Waals surface area contributed by atoms with Gasteiger partial charge in [-0.25, -0.2) is 8.42 Å². The Morgan fingerprint density at radius 3 is 2.56 bits per heavy atom. The van der Waals surface area contributed by atoms with Crippen LogP contribution in [0.1, 0.15) is 13.3 Å². The average molecular weight is 272 g/mol. The van der Waals surface area contributed by atoms with Crippen molar-refractivity contribution in [2.24, 2.45) is 0 Å². The van der Waals surface area contributed by atoms with Crippen LogP contribution in [-0.4, -0.2) is 64.1 Å². The maximum Gasteiger partial charge on any atom is 0.150 e. The fraction of sp³-hybridized carbons (Fsp3) is 1.00. The lowest BCUT2D eigenvalue weighted by Gasteiger charge is -2.19. The van der Waals surface area contributed by atoms with E-state index in [9.17, 15) is 8.42 Å². The molecule has 1 atom stereocenters. The molecule has 0 saturated heterocycles. The zero-order valence-electron chi connectivity index (χ0n) is 10.3. The highest BCUT2D eigenvalue weighted by Gasteiger charge is 2.10. The summed E-state index contributed by atoms with van der Waals surface area (Å²) in [5.41, 5.74) is 0. The Hall–Kier alpha value is 0.160. The van der Waals surface area contributed by atoms with Crippen molar-refractivity contribution in [2.75, 3.05) is 45.4 Å². The van der Waals surface area contributed by atoms with E-state index in [1.807, 2.05) is 11.9 Å². The molecule has 0 aliphatic rings. The number of alkyl halides is 1. The van der Waals surface area contributed by atoms with Crippen molar-refractivity contribution < 1.29 is 13.2 Å². The molecule has 0 amide bonds. The van der Waals surface area contributed by atoms with E-state index in [-0.39, 0.29) is 16.9 Å². The summed E-state index contributed by atoms with van der Waals surface area (Å²) in [6.07, 6.45) is 0.656. The van der Waals surface area contributed by atoms with Crippen molar-refractivity contribution in [2.45, 2.75) is 18.7 Å². The Morgan fingerprint density at radius 1 is 1.44 bits per heavy atom. The molecule has 0 radical (unpaired) electrons. The van der Waals surface area contributed by atoms with E-state index in [0.717, 1.165) is 6.54 Å². The summed E-state index contributed by atoms with van der Waals surface area (Å²) >= 11 is 5.99. The van der Waals surface area contributed by atoms with Crippen molar-refractivity contribution >= 4 is 21.4 Å². The first kappa shape index (κ1) is 16.2. The van der Waals surface area contributed by atoms with Crippen molar-refractivity contribution in [3.63, 3.8) is 0 Å². The van der Waals surface area contributed by atoms with Gasteiger partial charge in [0.15, 0.2) is 0 Å². The van der Waals surface area contributed by atoms with Gasteiger partial charge in [-0.2, -0.15) is 0 Å².